The van der Waals surface area contributed by atoms with Gasteiger partial charge in [-0.15, -0.1) is 0 Å². The summed E-state index contributed by atoms with van der Waals surface area (Å²) < 4.78 is 32.0. The minimum atomic E-state index is -4.08. The zero-order valence-electron chi connectivity index (χ0n) is 22.1. The maximum Gasteiger partial charge on any atom is 0.297 e. The Morgan fingerprint density at radius 1 is 0.649 bits per heavy atom. The number of unbranched alkanes of at least 4 members (excludes halogenated alkanes) is 9. The minimum absolute atomic E-state index is 0.0977. The van der Waals surface area contributed by atoms with E-state index in [2.05, 4.69) is 6.92 Å². The van der Waals surface area contributed by atoms with Crippen molar-refractivity contribution in [1.29, 1.82) is 0 Å². The third kappa shape index (κ3) is 9.73. The second-order valence-electron chi connectivity index (χ2n) is 9.81. The lowest BCUT2D eigenvalue weighted by Crippen LogP contribution is -2.19. The van der Waals surface area contributed by atoms with Crippen LogP contribution in [0.15, 0.2) is 89.8 Å². The number of benzene rings is 3. The fourth-order valence-corrected chi connectivity index (χ4v) is 5.66. The van der Waals surface area contributed by atoms with Crippen molar-refractivity contribution >= 4 is 10.1 Å². The van der Waals surface area contributed by atoms with Crippen LogP contribution in [-0.4, -0.2) is 13.5 Å². The Balaban J connectivity index is 1.53. The predicted molar refractivity (Wildman–Crippen MR) is 151 cm³/mol. The van der Waals surface area contributed by atoms with Crippen molar-refractivity contribution in [3.63, 3.8) is 0 Å². The van der Waals surface area contributed by atoms with Crippen LogP contribution >= 0.6 is 0 Å². The average molecular weight is 523 g/mol. The molecule has 0 fully saturated rings. The van der Waals surface area contributed by atoms with Crippen LogP contribution in [-0.2, 0) is 20.7 Å². The fourth-order valence-electron chi connectivity index (χ4n) is 4.59. The van der Waals surface area contributed by atoms with E-state index in [0.717, 1.165) is 18.4 Å². The molecule has 0 saturated heterocycles. The third-order valence-electron chi connectivity index (χ3n) is 6.82. The summed E-state index contributed by atoms with van der Waals surface area (Å²) in [5.74, 6) is 0. The van der Waals surface area contributed by atoms with E-state index in [1.54, 1.807) is 48.5 Å². The number of aryl methyl sites for hydroxylation is 1. The van der Waals surface area contributed by atoms with Gasteiger partial charge in [-0.2, -0.15) is 8.42 Å². The maximum atomic E-state index is 13.2. The van der Waals surface area contributed by atoms with Crippen molar-refractivity contribution in [2.24, 2.45) is 0 Å². The van der Waals surface area contributed by atoms with Crippen LogP contribution in [0.2, 0.25) is 0 Å². The first-order valence-corrected chi connectivity index (χ1v) is 15.2. The average Bonchev–Trinajstić information content (AvgIpc) is 2.93. The molecule has 0 amide bonds. The van der Waals surface area contributed by atoms with Crippen molar-refractivity contribution in [1.82, 2.24) is 0 Å². The number of aliphatic hydroxyl groups excluding tert-OH is 1. The Morgan fingerprint density at radius 2 is 1.14 bits per heavy atom. The molecule has 3 aromatic carbocycles. The number of aliphatic hydroxyl groups is 1. The molecular weight excluding hydrogens is 480 g/mol. The molecule has 0 heterocycles. The van der Waals surface area contributed by atoms with E-state index in [0.29, 0.717) is 11.1 Å². The summed E-state index contributed by atoms with van der Waals surface area (Å²) in [5, 5.41) is 11.0. The first-order valence-electron chi connectivity index (χ1n) is 13.8. The molecule has 3 aromatic rings. The van der Waals surface area contributed by atoms with Crippen molar-refractivity contribution in [2.45, 2.75) is 94.7 Å². The topological polar surface area (TPSA) is 63.6 Å². The van der Waals surface area contributed by atoms with Crippen molar-refractivity contribution in [3.05, 3.63) is 102 Å². The highest BCUT2D eigenvalue weighted by molar-refractivity contribution is 7.86. The van der Waals surface area contributed by atoms with Crippen LogP contribution in [0.1, 0.15) is 100 Å². The molecule has 0 saturated carbocycles. The molecule has 5 heteroatoms. The van der Waals surface area contributed by atoms with Gasteiger partial charge in [0.15, 0.2) is 0 Å². The van der Waals surface area contributed by atoms with Crippen molar-refractivity contribution in [2.75, 3.05) is 0 Å². The largest absolute Gasteiger partial charge is 0.385 e. The molecule has 0 aliphatic heterocycles. The summed E-state index contributed by atoms with van der Waals surface area (Å²) in [4.78, 5) is 0.0977. The molecule has 2 unspecified atom stereocenters. The first kappa shape index (κ1) is 29.1. The SMILES string of the molecule is CCCCCCCCCCCCc1ccc(S(=O)(=O)OC(c2ccccc2)C(O)c2ccccc2)cc1. The van der Waals surface area contributed by atoms with E-state index in [9.17, 15) is 13.5 Å². The molecule has 200 valence electrons. The zero-order valence-corrected chi connectivity index (χ0v) is 22.9. The monoisotopic (exact) mass is 522 g/mol. The minimum Gasteiger partial charge on any atom is -0.385 e. The fraction of sp³-hybridized carbons (Fsp3) is 0.438. The second kappa shape index (κ2) is 15.7. The van der Waals surface area contributed by atoms with Gasteiger partial charge >= 0.3 is 0 Å². The van der Waals surface area contributed by atoms with Gasteiger partial charge in [-0.05, 0) is 41.7 Å². The quantitative estimate of drug-likeness (QED) is 0.143. The molecule has 4 nitrogen and oxygen atoms in total. The summed E-state index contributed by atoms with van der Waals surface area (Å²) in [6.07, 6.45) is 11.7. The molecule has 0 bridgehead atoms. The summed E-state index contributed by atoms with van der Waals surface area (Å²) in [5.41, 5.74) is 2.32. The standard InChI is InChI=1S/C32H42O4S/c1-2-3-4-5-6-7-8-9-10-13-18-27-23-25-30(26-24-27)37(34,35)36-32(29-21-16-12-17-22-29)31(33)28-19-14-11-15-20-28/h11-12,14-17,19-26,31-33H,2-10,13,18H2,1H3. The molecule has 0 spiro atoms. The van der Waals surface area contributed by atoms with Gasteiger partial charge in [-0.1, -0.05) is 138 Å². The van der Waals surface area contributed by atoms with E-state index >= 15 is 0 Å². The van der Waals surface area contributed by atoms with Gasteiger partial charge in [0.2, 0.25) is 0 Å². The number of rotatable bonds is 17. The number of hydrogen-bond acceptors (Lipinski definition) is 4. The lowest BCUT2D eigenvalue weighted by molar-refractivity contribution is 0.0385. The Morgan fingerprint density at radius 3 is 1.68 bits per heavy atom. The lowest BCUT2D eigenvalue weighted by Gasteiger charge is -2.23. The van der Waals surface area contributed by atoms with Gasteiger partial charge < -0.3 is 5.11 Å². The Hall–Kier alpha value is -2.47. The Labute approximate surface area is 223 Å². The molecule has 3 rings (SSSR count). The van der Waals surface area contributed by atoms with Crippen LogP contribution in [0.3, 0.4) is 0 Å². The van der Waals surface area contributed by atoms with E-state index < -0.39 is 22.3 Å². The highest BCUT2D eigenvalue weighted by atomic mass is 32.2. The van der Waals surface area contributed by atoms with Gasteiger partial charge in [0, 0.05) is 0 Å². The van der Waals surface area contributed by atoms with E-state index in [-0.39, 0.29) is 4.90 Å². The van der Waals surface area contributed by atoms with Crippen molar-refractivity contribution < 1.29 is 17.7 Å². The lowest BCUT2D eigenvalue weighted by atomic mass is 9.98. The highest BCUT2D eigenvalue weighted by Gasteiger charge is 2.30. The molecule has 0 radical (unpaired) electrons. The van der Waals surface area contributed by atoms with Gasteiger partial charge in [-0.25, -0.2) is 0 Å². The molecule has 37 heavy (non-hydrogen) atoms. The van der Waals surface area contributed by atoms with Crippen molar-refractivity contribution in [3.8, 4) is 0 Å². The van der Waals surface area contributed by atoms with Crippen LogP contribution < -0.4 is 0 Å². The summed E-state index contributed by atoms with van der Waals surface area (Å²) >= 11 is 0. The van der Waals surface area contributed by atoms with E-state index in [1.807, 2.05) is 36.4 Å². The van der Waals surface area contributed by atoms with Gasteiger partial charge in [-0.3, -0.25) is 4.18 Å². The van der Waals surface area contributed by atoms with Crippen LogP contribution in [0, 0.1) is 0 Å². The molecule has 2 atom stereocenters. The third-order valence-corrected chi connectivity index (χ3v) is 8.13. The Bertz CT molecular complexity index is 1110. The van der Waals surface area contributed by atoms with Gasteiger partial charge in [0.25, 0.3) is 10.1 Å². The van der Waals surface area contributed by atoms with E-state index in [1.165, 1.54) is 57.8 Å². The molecule has 0 aliphatic rings. The Kier molecular flexibility index (Phi) is 12.3. The smallest absolute Gasteiger partial charge is 0.297 e. The van der Waals surface area contributed by atoms with Crippen LogP contribution in [0.5, 0.6) is 0 Å². The predicted octanol–water partition coefficient (Wildman–Crippen LogP) is 8.33. The number of hydrogen-bond donors (Lipinski definition) is 1. The maximum absolute atomic E-state index is 13.2. The summed E-state index contributed by atoms with van der Waals surface area (Å²) in [6.45, 7) is 2.25. The molecule has 1 N–H and O–H groups in total. The summed E-state index contributed by atoms with van der Waals surface area (Å²) in [6, 6.07) is 24.9. The second-order valence-corrected chi connectivity index (χ2v) is 11.4. The normalized spacial score (nSPS) is 13.4. The summed E-state index contributed by atoms with van der Waals surface area (Å²) in [7, 11) is -4.08. The molecule has 0 aliphatic carbocycles. The van der Waals surface area contributed by atoms with Crippen LogP contribution in [0.4, 0.5) is 0 Å². The highest BCUT2D eigenvalue weighted by Crippen LogP contribution is 2.35. The van der Waals surface area contributed by atoms with Crippen LogP contribution in [0.25, 0.3) is 0 Å². The van der Waals surface area contributed by atoms with Gasteiger partial charge in [0.05, 0.1) is 4.90 Å². The molecular formula is C32H42O4S. The molecule has 0 aromatic heterocycles. The first-order chi connectivity index (χ1) is 18.0. The van der Waals surface area contributed by atoms with E-state index in [4.69, 9.17) is 4.18 Å². The van der Waals surface area contributed by atoms with Gasteiger partial charge in [0.1, 0.15) is 12.2 Å². The zero-order chi connectivity index (χ0) is 26.3.